The second kappa shape index (κ2) is 9.53. The minimum absolute atomic E-state index is 0.238. The van der Waals surface area contributed by atoms with Gasteiger partial charge in [-0.2, -0.15) is 0 Å². The van der Waals surface area contributed by atoms with Gasteiger partial charge in [-0.1, -0.05) is 24.3 Å². The van der Waals surface area contributed by atoms with E-state index < -0.39 is 0 Å². The van der Waals surface area contributed by atoms with Crippen molar-refractivity contribution in [3.05, 3.63) is 103 Å². The molecule has 2 aromatic carbocycles. The number of halogens is 1. The van der Waals surface area contributed by atoms with Crippen LogP contribution in [0.3, 0.4) is 0 Å². The molecule has 32 heavy (non-hydrogen) atoms. The third kappa shape index (κ3) is 4.62. The van der Waals surface area contributed by atoms with Crippen molar-refractivity contribution in [1.82, 2.24) is 14.4 Å². The minimum Gasteiger partial charge on any atom is -0.483 e. The maximum absolute atomic E-state index is 13.2. The smallest absolute Gasteiger partial charge is 0.290 e. The molecular formula is C25H19FN4O2. The molecule has 0 radical (unpaired) electrons. The van der Waals surface area contributed by atoms with Gasteiger partial charge >= 0.3 is 0 Å². The molecule has 0 atom stereocenters. The number of rotatable bonds is 4. The largest absolute Gasteiger partial charge is 0.483 e. The van der Waals surface area contributed by atoms with E-state index >= 15 is 0 Å². The molecule has 0 aliphatic carbocycles. The number of carbonyl (C=O) groups is 1. The Morgan fingerprint density at radius 2 is 1.62 bits per heavy atom. The maximum atomic E-state index is 13.2. The van der Waals surface area contributed by atoms with E-state index in [-0.39, 0.29) is 12.3 Å². The number of fused-ring (bicyclic) bond motifs is 1. The van der Waals surface area contributed by atoms with Gasteiger partial charge in [0.2, 0.25) is 0 Å². The first kappa shape index (κ1) is 20.7. The molecule has 0 aliphatic heterocycles. The molecule has 5 rings (SSSR count). The number of carboxylic acid groups (broad SMARTS) is 1. The SMILES string of the molecule is Fc1ccc(-c2ccn3c(-c4cccc(Nc5ccncc5)c4)cnc3c2)cc1.O=CO. The molecule has 0 saturated heterocycles. The number of nitrogens with one attached hydrogen (secondary N) is 1. The van der Waals surface area contributed by atoms with Crippen molar-refractivity contribution >= 4 is 23.5 Å². The maximum Gasteiger partial charge on any atom is 0.290 e. The average molecular weight is 426 g/mol. The predicted molar refractivity (Wildman–Crippen MR) is 122 cm³/mol. The number of aromatic nitrogens is 3. The molecule has 0 saturated carbocycles. The number of pyridine rings is 2. The van der Waals surface area contributed by atoms with Gasteiger partial charge in [0.25, 0.3) is 6.47 Å². The van der Waals surface area contributed by atoms with Gasteiger partial charge in [0.1, 0.15) is 11.5 Å². The van der Waals surface area contributed by atoms with Crippen LogP contribution >= 0.6 is 0 Å². The Morgan fingerprint density at radius 3 is 2.38 bits per heavy atom. The van der Waals surface area contributed by atoms with Crippen LogP contribution in [0.15, 0.2) is 97.6 Å². The molecule has 0 fully saturated rings. The monoisotopic (exact) mass is 426 g/mol. The van der Waals surface area contributed by atoms with Crippen LogP contribution in [0, 0.1) is 5.82 Å². The lowest BCUT2D eigenvalue weighted by Gasteiger charge is -2.09. The molecule has 0 aliphatic rings. The first-order chi connectivity index (χ1) is 15.7. The molecule has 2 N–H and O–H groups in total. The van der Waals surface area contributed by atoms with Crippen molar-refractivity contribution in [2.75, 3.05) is 5.32 Å². The van der Waals surface area contributed by atoms with Gasteiger partial charge < -0.3 is 10.4 Å². The quantitative estimate of drug-likeness (QED) is 0.363. The van der Waals surface area contributed by atoms with E-state index in [4.69, 9.17) is 9.90 Å². The minimum atomic E-state index is -0.250. The molecule has 0 bridgehead atoms. The van der Waals surface area contributed by atoms with Crippen molar-refractivity contribution in [2.24, 2.45) is 0 Å². The zero-order chi connectivity index (χ0) is 22.3. The Balaban J connectivity index is 0.000000775. The molecule has 6 nitrogen and oxygen atoms in total. The van der Waals surface area contributed by atoms with Crippen LogP contribution in [0.1, 0.15) is 0 Å². The van der Waals surface area contributed by atoms with Gasteiger partial charge in [0.15, 0.2) is 0 Å². The van der Waals surface area contributed by atoms with E-state index in [1.165, 1.54) is 12.1 Å². The molecule has 0 amide bonds. The third-order valence-corrected chi connectivity index (χ3v) is 4.82. The fourth-order valence-electron chi connectivity index (χ4n) is 3.37. The number of hydrogen-bond donors (Lipinski definition) is 2. The summed E-state index contributed by atoms with van der Waals surface area (Å²) in [4.78, 5) is 17.0. The average Bonchev–Trinajstić information content (AvgIpc) is 3.24. The van der Waals surface area contributed by atoms with Crippen molar-refractivity contribution in [2.45, 2.75) is 0 Å². The second-order valence-corrected chi connectivity index (χ2v) is 6.84. The molecule has 158 valence electrons. The number of imidazole rings is 1. The highest BCUT2D eigenvalue weighted by Gasteiger charge is 2.08. The lowest BCUT2D eigenvalue weighted by Crippen LogP contribution is -1.92. The second-order valence-electron chi connectivity index (χ2n) is 6.84. The van der Waals surface area contributed by atoms with Crippen molar-refractivity contribution in [3.8, 4) is 22.4 Å². The first-order valence-electron chi connectivity index (χ1n) is 9.76. The van der Waals surface area contributed by atoms with Crippen LogP contribution in [0.2, 0.25) is 0 Å². The van der Waals surface area contributed by atoms with Gasteiger partial charge in [-0.25, -0.2) is 9.37 Å². The summed E-state index contributed by atoms with van der Waals surface area (Å²) >= 11 is 0. The van der Waals surface area contributed by atoms with Crippen molar-refractivity contribution < 1.29 is 14.3 Å². The fourth-order valence-corrected chi connectivity index (χ4v) is 3.37. The lowest BCUT2D eigenvalue weighted by atomic mass is 10.1. The number of hydrogen-bond acceptors (Lipinski definition) is 4. The summed E-state index contributed by atoms with van der Waals surface area (Å²) in [5, 5.41) is 10.3. The molecule has 3 heterocycles. The highest BCUT2D eigenvalue weighted by molar-refractivity contribution is 5.73. The summed E-state index contributed by atoms with van der Waals surface area (Å²) < 4.78 is 15.2. The van der Waals surface area contributed by atoms with Crippen LogP contribution in [0.5, 0.6) is 0 Å². The van der Waals surface area contributed by atoms with E-state index in [0.717, 1.165) is 39.4 Å². The van der Waals surface area contributed by atoms with E-state index in [0.29, 0.717) is 0 Å². The molecule has 7 heteroatoms. The summed E-state index contributed by atoms with van der Waals surface area (Å²) in [6.45, 7) is -0.250. The van der Waals surface area contributed by atoms with E-state index in [1.54, 1.807) is 24.5 Å². The Hall–Kier alpha value is -4.52. The summed E-state index contributed by atoms with van der Waals surface area (Å²) in [6.07, 6.45) is 7.39. The van der Waals surface area contributed by atoms with Crippen LogP contribution in [0.25, 0.3) is 28.0 Å². The first-order valence-corrected chi connectivity index (χ1v) is 9.76. The van der Waals surface area contributed by atoms with Crippen molar-refractivity contribution in [3.63, 3.8) is 0 Å². The normalized spacial score (nSPS) is 10.3. The van der Waals surface area contributed by atoms with E-state index in [1.807, 2.05) is 48.8 Å². The Labute approximate surface area is 183 Å². The third-order valence-electron chi connectivity index (χ3n) is 4.82. The molecule has 5 aromatic rings. The van der Waals surface area contributed by atoms with Gasteiger partial charge in [0.05, 0.1) is 11.9 Å². The highest BCUT2D eigenvalue weighted by Crippen LogP contribution is 2.27. The summed E-state index contributed by atoms with van der Waals surface area (Å²) in [6, 6.07) is 22.6. The summed E-state index contributed by atoms with van der Waals surface area (Å²) in [5.41, 5.74) is 6.85. The predicted octanol–water partition coefficient (Wildman–Crippen LogP) is 5.65. The molecule has 0 spiro atoms. The number of benzene rings is 2. The van der Waals surface area contributed by atoms with Gasteiger partial charge in [-0.15, -0.1) is 0 Å². The molecular weight excluding hydrogens is 407 g/mol. The zero-order valence-corrected chi connectivity index (χ0v) is 16.9. The molecule has 3 aromatic heterocycles. The van der Waals surface area contributed by atoms with E-state index in [2.05, 4.69) is 31.8 Å². The summed E-state index contributed by atoms with van der Waals surface area (Å²) in [5.74, 6) is -0.238. The standard InChI is InChI=1S/C24H17FN4.CH2O2/c25-20-6-4-17(5-7-20)18-10-13-29-23(16-27-24(29)15-18)19-2-1-3-22(14-19)28-21-8-11-26-12-9-21;2-1-3/h1-16H,(H,26,28);1H,(H,2,3). The Kier molecular flexibility index (Phi) is 6.17. The van der Waals surface area contributed by atoms with E-state index in [9.17, 15) is 4.39 Å². The van der Waals surface area contributed by atoms with Crippen LogP contribution in [-0.4, -0.2) is 25.9 Å². The van der Waals surface area contributed by atoms with Crippen LogP contribution < -0.4 is 5.32 Å². The van der Waals surface area contributed by atoms with Gasteiger partial charge in [-0.05, 0) is 59.7 Å². The Bertz CT molecular complexity index is 1340. The lowest BCUT2D eigenvalue weighted by molar-refractivity contribution is -0.122. The summed E-state index contributed by atoms with van der Waals surface area (Å²) in [7, 11) is 0. The zero-order valence-electron chi connectivity index (χ0n) is 16.9. The topological polar surface area (TPSA) is 79.5 Å². The number of anilines is 2. The number of nitrogens with zero attached hydrogens (tertiary/aromatic N) is 3. The molecule has 0 unspecified atom stereocenters. The van der Waals surface area contributed by atoms with Crippen LogP contribution in [-0.2, 0) is 4.79 Å². The van der Waals surface area contributed by atoms with Crippen molar-refractivity contribution in [1.29, 1.82) is 0 Å². The van der Waals surface area contributed by atoms with Crippen LogP contribution in [0.4, 0.5) is 15.8 Å². The van der Waals surface area contributed by atoms with Gasteiger partial charge in [0, 0.05) is 35.5 Å². The Morgan fingerprint density at radius 1 is 0.875 bits per heavy atom. The fraction of sp³-hybridized carbons (Fsp3) is 0. The van der Waals surface area contributed by atoms with Gasteiger partial charge in [-0.3, -0.25) is 14.2 Å². The highest BCUT2D eigenvalue weighted by atomic mass is 19.1.